The van der Waals surface area contributed by atoms with Gasteiger partial charge in [-0.05, 0) is 72.5 Å². The van der Waals surface area contributed by atoms with Gasteiger partial charge in [-0.25, -0.2) is 0 Å². The van der Waals surface area contributed by atoms with Crippen molar-refractivity contribution in [2.45, 2.75) is 83.5 Å². The van der Waals surface area contributed by atoms with E-state index in [1.807, 2.05) is 0 Å². The number of nitrogens with two attached hydrogens (primary N) is 1. The summed E-state index contributed by atoms with van der Waals surface area (Å²) in [7, 11) is 0. The summed E-state index contributed by atoms with van der Waals surface area (Å²) in [6, 6.07) is 2.43. The van der Waals surface area contributed by atoms with Gasteiger partial charge < -0.3 is 10.6 Å². The van der Waals surface area contributed by atoms with Crippen molar-refractivity contribution < 1.29 is 0 Å². The molecule has 0 aliphatic carbocycles. The van der Waals surface area contributed by atoms with Crippen molar-refractivity contribution in [2.75, 3.05) is 19.6 Å². The molecule has 2 saturated heterocycles. The largest absolute Gasteiger partial charge is 0.327 e. The highest BCUT2D eigenvalue weighted by atomic mass is 15.2. The molecule has 2 aliphatic rings. The Morgan fingerprint density at radius 3 is 2.37 bits per heavy atom. The van der Waals surface area contributed by atoms with E-state index in [4.69, 9.17) is 5.73 Å². The second-order valence-corrected chi connectivity index (χ2v) is 6.87. The lowest BCUT2D eigenvalue weighted by molar-refractivity contribution is 0.0723. The molecule has 0 aromatic heterocycles. The van der Waals surface area contributed by atoms with Crippen LogP contribution in [0.4, 0.5) is 0 Å². The Morgan fingerprint density at radius 2 is 1.68 bits per heavy atom. The lowest BCUT2D eigenvalue weighted by Crippen LogP contribution is -2.53. The van der Waals surface area contributed by atoms with Crippen LogP contribution in [0.25, 0.3) is 0 Å². The van der Waals surface area contributed by atoms with E-state index in [0.717, 1.165) is 6.04 Å². The molecule has 0 aromatic rings. The highest BCUT2D eigenvalue weighted by Gasteiger charge is 2.32. The molecule has 2 fully saturated rings. The molecule has 3 unspecified atom stereocenters. The molecule has 2 rings (SSSR count). The summed E-state index contributed by atoms with van der Waals surface area (Å²) in [4.78, 5) is 5.41. The third-order valence-electron chi connectivity index (χ3n) is 5.13. The van der Waals surface area contributed by atoms with Gasteiger partial charge in [0, 0.05) is 24.2 Å². The SMILES string of the molecule is CC(N)C1CCCCN1C1CCCN(C(C)C)CC1. The van der Waals surface area contributed by atoms with E-state index in [1.165, 1.54) is 58.2 Å². The van der Waals surface area contributed by atoms with E-state index in [2.05, 4.69) is 30.6 Å². The van der Waals surface area contributed by atoms with Crippen LogP contribution in [0, 0.1) is 0 Å². The number of nitrogens with zero attached hydrogens (tertiary/aromatic N) is 2. The summed E-state index contributed by atoms with van der Waals surface area (Å²) in [5, 5.41) is 0. The molecular weight excluding hydrogens is 234 g/mol. The standard InChI is InChI=1S/C16H33N3/c1-13(2)18-10-6-7-15(9-12-18)19-11-5-4-8-16(19)14(3)17/h13-16H,4-12,17H2,1-3H3. The zero-order valence-electron chi connectivity index (χ0n) is 13.1. The fourth-order valence-corrected chi connectivity index (χ4v) is 3.95. The molecular formula is C16H33N3. The lowest BCUT2D eigenvalue weighted by Gasteiger charge is -2.43. The number of hydrogen-bond donors (Lipinski definition) is 1. The minimum atomic E-state index is 0.324. The molecule has 3 nitrogen and oxygen atoms in total. The van der Waals surface area contributed by atoms with Crippen LogP contribution in [0.5, 0.6) is 0 Å². The first-order chi connectivity index (χ1) is 9.09. The van der Waals surface area contributed by atoms with E-state index >= 15 is 0 Å². The number of piperidine rings is 1. The molecule has 2 aliphatic heterocycles. The summed E-state index contributed by atoms with van der Waals surface area (Å²) in [6.07, 6.45) is 8.10. The molecule has 0 aromatic carbocycles. The molecule has 0 bridgehead atoms. The monoisotopic (exact) mass is 267 g/mol. The molecule has 0 amide bonds. The van der Waals surface area contributed by atoms with Gasteiger partial charge in [0.15, 0.2) is 0 Å². The van der Waals surface area contributed by atoms with Crippen molar-refractivity contribution in [1.29, 1.82) is 0 Å². The highest BCUT2D eigenvalue weighted by Crippen LogP contribution is 2.27. The second kappa shape index (κ2) is 7.05. The van der Waals surface area contributed by atoms with Gasteiger partial charge >= 0.3 is 0 Å². The Morgan fingerprint density at radius 1 is 0.895 bits per heavy atom. The number of rotatable bonds is 3. The third-order valence-corrected chi connectivity index (χ3v) is 5.13. The summed E-state index contributed by atoms with van der Waals surface area (Å²) in [5.41, 5.74) is 6.23. The van der Waals surface area contributed by atoms with E-state index in [9.17, 15) is 0 Å². The molecule has 19 heavy (non-hydrogen) atoms. The van der Waals surface area contributed by atoms with Crippen LogP contribution in [0.2, 0.25) is 0 Å². The Labute approximate surface area is 119 Å². The summed E-state index contributed by atoms with van der Waals surface area (Å²) in [5.74, 6) is 0. The van der Waals surface area contributed by atoms with Crippen LogP contribution < -0.4 is 5.73 Å². The molecule has 0 saturated carbocycles. The van der Waals surface area contributed by atoms with E-state index in [0.29, 0.717) is 18.1 Å². The van der Waals surface area contributed by atoms with Crippen molar-refractivity contribution >= 4 is 0 Å². The van der Waals surface area contributed by atoms with Crippen LogP contribution in [0.1, 0.15) is 59.3 Å². The van der Waals surface area contributed by atoms with Gasteiger partial charge in [0.1, 0.15) is 0 Å². The predicted molar refractivity (Wildman–Crippen MR) is 82.3 cm³/mol. The Kier molecular flexibility index (Phi) is 5.67. The predicted octanol–water partition coefficient (Wildman–Crippen LogP) is 2.45. The molecule has 2 N–H and O–H groups in total. The number of hydrogen-bond acceptors (Lipinski definition) is 3. The van der Waals surface area contributed by atoms with Crippen molar-refractivity contribution in [3.63, 3.8) is 0 Å². The molecule has 0 spiro atoms. The maximum Gasteiger partial charge on any atom is 0.0247 e. The Balaban J connectivity index is 1.96. The second-order valence-electron chi connectivity index (χ2n) is 6.87. The van der Waals surface area contributed by atoms with Crippen molar-refractivity contribution in [3.05, 3.63) is 0 Å². The van der Waals surface area contributed by atoms with Crippen LogP contribution in [0.3, 0.4) is 0 Å². The minimum absolute atomic E-state index is 0.324. The van der Waals surface area contributed by atoms with Gasteiger partial charge in [0.2, 0.25) is 0 Å². The lowest BCUT2D eigenvalue weighted by atomic mass is 9.93. The Bertz CT molecular complexity index is 265. The van der Waals surface area contributed by atoms with Gasteiger partial charge in [0.25, 0.3) is 0 Å². The fourth-order valence-electron chi connectivity index (χ4n) is 3.95. The first-order valence-electron chi connectivity index (χ1n) is 8.35. The smallest absolute Gasteiger partial charge is 0.0247 e. The van der Waals surface area contributed by atoms with E-state index in [1.54, 1.807) is 0 Å². The van der Waals surface area contributed by atoms with Crippen LogP contribution in [-0.2, 0) is 0 Å². The number of likely N-dealkylation sites (tertiary alicyclic amines) is 2. The van der Waals surface area contributed by atoms with E-state index < -0.39 is 0 Å². The molecule has 0 radical (unpaired) electrons. The van der Waals surface area contributed by atoms with Gasteiger partial charge in [-0.15, -0.1) is 0 Å². The van der Waals surface area contributed by atoms with Crippen LogP contribution in [0.15, 0.2) is 0 Å². The summed E-state index contributed by atoms with van der Waals surface area (Å²) in [6.45, 7) is 10.7. The first-order valence-corrected chi connectivity index (χ1v) is 8.35. The zero-order valence-corrected chi connectivity index (χ0v) is 13.1. The minimum Gasteiger partial charge on any atom is -0.327 e. The average Bonchev–Trinajstić information content (AvgIpc) is 2.64. The van der Waals surface area contributed by atoms with Gasteiger partial charge in [-0.2, -0.15) is 0 Å². The van der Waals surface area contributed by atoms with Crippen LogP contribution >= 0.6 is 0 Å². The molecule has 3 atom stereocenters. The Hall–Kier alpha value is -0.120. The van der Waals surface area contributed by atoms with Crippen molar-refractivity contribution in [3.8, 4) is 0 Å². The molecule has 2 heterocycles. The molecule has 3 heteroatoms. The fraction of sp³-hybridized carbons (Fsp3) is 1.00. The van der Waals surface area contributed by atoms with Gasteiger partial charge in [-0.3, -0.25) is 4.90 Å². The van der Waals surface area contributed by atoms with Crippen LogP contribution in [-0.4, -0.2) is 53.6 Å². The molecule has 112 valence electrons. The highest BCUT2D eigenvalue weighted by molar-refractivity contribution is 4.89. The summed E-state index contributed by atoms with van der Waals surface area (Å²) >= 11 is 0. The van der Waals surface area contributed by atoms with Crippen molar-refractivity contribution in [1.82, 2.24) is 9.80 Å². The maximum absolute atomic E-state index is 6.23. The average molecular weight is 267 g/mol. The van der Waals surface area contributed by atoms with Gasteiger partial charge in [0.05, 0.1) is 0 Å². The maximum atomic E-state index is 6.23. The first kappa shape index (κ1) is 15.3. The third kappa shape index (κ3) is 3.93. The van der Waals surface area contributed by atoms with E-state index in [-0.39, 0.29) is 0 Å². The zero-order chi connectivity index (χ0) is 13.8. The topological polar surface area (TPSA) is 32.5 Å². The normalized spacial score (nSPS) is 33.3. The van der Waals surface area contributed by atoms with Crippen molar-refractivity contribution in [2.24, 2.45) is 5.73 Å². The summed E-state index contributed by atoms with van der Waals surface area (Å²) < 4.78 is 0. The quantitative estimate of drug-likeness (QED) is 0.852. The van der Waals surface area contributed by atoms with Gasteiger partial charge in [-0.1, -0.05) is 6.42 Å².